The van der Waals surface area contributed by atoms with E-state index in [1.54, 1.807) is 54.6 Å². The fourth-order valence-electron chi connectivity index (χ4n) is 2.90. The third-order valence-corrected chi connectivity index (χ3v) is 4.90. The molecule has 0 spiro atoms. The summed E-state index contributed by atoms with van der Waals surface area (Å²) < 4.78 is 10.6. The Balaban J connectivity index is 1.55. The van der Waals surface area contributed by atoms with Crippen molar-refractivity contribution < 1.29 is 18.7 Å². The van der Waals surface area contributed by atoms with Crippen LogP contribution in [0.3, 0.4) is 0 Å². The zero-order chi connectivity index (χ0) is 21.1. The molecule has 1 N–H and O–H groups in total. The van der Waals surface area contributed by atoms with Crippen molar-refractivity contribution >= 4 is 51.7 Å². The van der Waals surface area contributed by atoms with Crippen LogP contribution in [0.2, 0.25) is 10.0 Å². The molecule has 0 fully saturated rings. The summed E-state index contributed by atoms with van der Waals surface area (Å²) in [5.41, 5.74) is 1.62. The zero-order valence-corrected chi connectivity index (χ0v) is 16.9. The van der Waals surface area contributed by atoms with Crippen LogP contribution in [0.4, 0.5) is 5.69 Å². The Morgan fingerprint density at radius 1 is 1.00 bits per heavy atom. The number of hydrogen-bond acceptors (Lipinski definition) is 5. The van der Waals surface area contributed by atoms with Crippen LogP contribution < -0.4 is 5.32 Å². The van der Waals surface area contributed by atoms with Gasteiger partial charge in [-0.15, -0.1) is 0 Å². The highest BCUT2D eigenvalue weighted by molar-refractivity contribution is 6.39. The van der Waals surface area contributed by atoms with Crippen molar-refractivity contribution in [1.29, 1.82) is 0 Å². The second kappa shape index (κ2) is 8.57. The maximum absolute atomic E-state index is 12.8. The fourth-order valence-corrected chi connectivity index (χ4v) is 3.39. The van der Waals surface area contributed by atoms with E-state index in [0.29, 0.717) is 22.4 Å². The lowest BCUT2D eigenvalue weighted by atomic mass is 10.1. The van der Waals surface area contributed by atoms with E-state index in [-0.39, 0.29) is 21.3 Å². The van der Waals surface area contributed by atoms with Gasteiger partial charge in [-0.3, -0.25) is 4.79 Å². The normalized spacial score (nSPS) is 10.7. The molecule has 0 bridgehead atoms. The summed E-state index contributed by atoms with van der Waals surface area (Å²) in [6, 6.07) is 17.0. The van der Waals surface area contributed by atoms with Crippen LogP contribution in [-0.2, 0) is 9.53 Å². The number of halogens is 2. The van der Waals surface area contributed by atoms with Crippen molar-refractivity contribution in [2.45, 2.75) is 0 Å². The highest BCUT2D eigenvalue weighted by atomic mass is 35.5. The van der Waals surface area contributed by atoms with Gasteiger partial charge in [-0.05, 0) is 36.4 Å². The van der Waals surface area contributed by atoms with Crippen LogP contribution >= 0.6 is 23.2 Å². The van der Waals surface area contributed by atoms with Crippen LogP contribution in [0.5, 0.6) is 0 Å². The number of pyridine rings is 1. The molecule has 0 radical (unpaired) electrons. The minimum absolute atomic E-state index is 0.261. The van der Waals surface area contributed by atoms with Gasteiger partial charge in [0.1, 0.15) is 5.69 Å². The van der Waals surface area contributed by atoms with Gasteiger partial charge in [-0.25, -0.2) is 9.78 Å². The maximum Gasteiger partial charge on any atom is 0.339 e. The molecule has 4 aromatic rings. The van der Waals surface area contributed by atoms with E-state index < -0.39 is 18.5 Å². The third-order valence-electron chi connectivity index (χ3n) is 4.27. The number of fused-ring (bicyclic) bond motifs is 1. The van der Waals surface area contributed by atoms with Crippen molar-refractivity contribution in [3.8, 4) is 11.5 Å². The molecule has 2 aromatic carbocycles. The number of carbonyl (C=O) groups is 2. The van der Waals surface area contributed by atoms with Gasteiger partial charge in [0.15, 0.2) is 12.4 Å². The summed E-state index contributed by atoms with van der Waals surface area (Å²) in [6.07, 6.45) is 1.52. The number of rotatable bonds is 5. The van der Waals surface area contributed by atoms with Crippen LogP contribution in [0.15, 0.2) is 71.3 Å². The van der Waals surface area contributed by atoms with Crippen molar-refractivity contribution in [3.05, 3.63) is 82.5 Å². The maximum atomic E-state index is 12.8. The van der Waals surface area contributed by atoms with E-state index in [4.69, 9.17) is 32.4 Å². The summed E-state index contributed by atoms with van der Waals surface area (Å²) >= 11 is 12.1. The summed E-state index contributed by atoms with van der Waals surface area (Å²) in [4.78, 5) is 29.5. The molecule has 2 aromatic heterocycles. The molecular weight excluding hydrogens is 427 g/mol. The number of ether oxygens (including phenoxy) is 1. The predicted octanol–water partition coefficient (Wildman–Crippen LogP) is 5.60. The molecule has 0 aliphatic heterocycles. The number of amides is 1. The number of nitrogens with one attached hydrogen (secondary N) is 1. The number of para-hydroxylation sites is 2. The molecule has 2 heterocycles. The summed E-state index contributed by atoms with van der Waals surface area (Å²) in [7, 11) is 0. The number of hydrogen-bond donors (Lipinski definition) is 1. The molecular formula is C22H14Cl2N2O4. The predicted molar refractivity (Wildman–Crippen MR) is 115 cm³/mol. The molecule has 30 heavy (non-hydrogen) atoms. The molecule has 0 saturated carbocycles. The lowest BCUT2D eigenvalue weighted by molar-refractivity contribution is -0.119. The van der Waals surface area contributed by atoms with Gasteiger partial charge < -0.3 is 14.5 Å². The van der Waals surface area contributed by atoms with E-state index in [1.807, 2.05) is 6.07 Å². The van der Waals surface area contributed by atoms with E-state index in [2.05, 4.69) is 10.3 Å². The van der Waals surface area contributed by atoms with Crippen LogP contribution in [0.1, 0.15) is 10.4 Å². The van der Waals surface area contributed by atoms with Gasteiger partial charge in [0, 0.05) is 5.39 Å². The number of nitrogens with zero attached hydrogens (tertiary/aromatic N) is 1. The van der Waals surface area contributed by atoms with E-state index >= 15 is 0 Å². The lowest BCUT2D eigenvalue weighted by Gasteiger charge is -2.11. The van der Waals surface area contributed by atoms with Gasteiger partial charge in [-0.1, -0.05) is 47.5 Å². The number of carbonyl (C=O) groups excluding carboxylic acids is 2. The number of anilines is 1. The summed E-state index contributed by atoms with van der Waals surface area (Å²) in [5.74, 6) is -0.717. The Hall–Kier alpha value is -3.35. The average Bonchev–Trinajstić information content (AvgIpc) is 3.29. The van der Waals surface area contributed by atoms with Gasteiger partial charge in [-0.2, -0.15) is 0 Å². The molecule has 0 atom stereocenters. The molecule has 8 heteroatoms. The monoisotopic (exact) mass is 440 g/mol. The van der Waals surface area contributed by atoms with Gasteiger partial charge >= 0.3 is 5.97 Å². The Morgan fingerprint density at radius 3 is 2.50 bits per heavy atom. The van der Waals surface area contributed by atoms with Crippen molar-refractivity contribution in [2.75, 3.05) is 11.9 Å². The standard InChI is InChI=1S/C22H14Cl2N2O4/c23-15-6-3-7-16(24)21(15)26-20(27)12-30-22(28)14-11-18(19-9-4-10-29-19)25-17-8-2-1-5-13(14)17/h1-11H,12H2,(H,26,27). The van der Waals surface area contributed by atoms with Gasteiger partial charge in [0.25, 0.3) is 5.91 Å². The Morgan fingerprint density at radius 2 is 1.77 bits per heavy atom. The highest BCUT2D eigenvalue weighted by Gasteiger charge is 2.18. The van der Waals surface area contributed by atoms with E-state index in [9.17, 15) is 9.59 Å². The molecule has 150 valence electrons. The Bertz CT molecular complexity index is 1220. The SMILES string of the molecule is O=C(COC(=O)c1cc(-c2ccco2)nc2ccccc12)Nc1c(Cl)cccc1Cl. The smallest absolute Gasteiger partial charge is 0.339 e. The van der Waals surface area contributed by atoms with Crippen molar-refractivity contribution in [3.63, 3.8) is 0 Å². The Labute approximate surface area is 181 Å². The van der Waals surface area contributed by atoms with Crippen molar-refractivity contribution in [2.24, 2.45) is 0 Å². The van der Waals surface area contributed by atoms with Crippen LogP contribution in [-0.4, -0.2) is 23.5 Å². The minimum atomic E-state index is -0.665. The number of furan rings is 1. The lowest BCUT2D eigenvalue weighted by Crippen LogP contribution is -2.21. The summed E-state index contributed by atoms with van der Waals surface area (Å²) in [6.45, 7) is -0.507. The molecule has 0 aliphatic carbocycles. The number of esters is 1. The van der Waals surface area contributed by atoms with Crippen LogP contribution in [0.25, 0.3) is 22.4 Å². The first-order valence-electron chi connectivity index (χ1n) is 8.87. The zero-order valence-electron chi connectivity index (χ0n) is 15.4. The summed E-state index contributed by atoms with van der Waals surface area (Å²) in [5, 5.41) is 3.72. The quantitative estimate of drug-likeness (QED) is 0.408. The van der Waals surface area contributed by atoms with E-state index in [1.165, 1.54) is 6.26 Å². The molecule has 6 nitrogen and oxygen atoms in total. The van der Waals surface area contributed by atoms with Crippen molar-refractivity contribution in [1.82, 2.24) is 4.98 Å². The topological polar surface area (TPSA) is 81.4 Å². The second-order valence-electron chi connectivity index (χ2n) is 6.27. The average molecular weight is 441 g/mol. The Kier molecular flexibility index (Phi) is 5.70. The highest BCUT2D eigenvalue weighted by Crippen LogP contribution is 2.30. The molecule has 0 unspecified atom stereocenters. The van der Waals surface area contributed by atoms with Gasteiger partial charge in [0.05, 0.1) is 33.1 Å². The molecule has 1 amide bonds. The van der Waals surface area contributed by atoms with Crippen LogP contribution in [0, 0.1) is 0 Å². The largest absolute Gasteiger partial charge is 0.463 e. The first kappa shape index (κ1) is 19.9. The second-order valence-corrected chi connectivity index (χ2v) is 7.08. The molecule has 4 rings (SSSR count). The number of aromatic nitrogens is 1. The fraction of sp³-hybridized carbons (Fsp3) is 0.0455. The van der Waals surface area contributed by atoms with E-state index in [0.717, 1.165) is 0 Å². The van der Waals surface area contributed by atoms with Gasteiger partial charge in [0.2, 0.25) is 0 Å². The molecule has 0 saturated heterocycles. The first-order valence-corrected chi connectivity index (χ1v) is 9.63. The third kappa shape index (κ3) is 4.15. The minimum Gasteiger partial charge on any atom is -0.463 e. The molecule has 0 aliphatic rings. The first-order chi connectivity index (χ1) is 14.5. The number of benzene rings is 2.